The Morgan fingerprint density at radius 3 is 2.21 bits per heavy atom. The van der Waals surface area contributed by atoms with Gasteiger partial charge in [-0.1, -0.05) is 6.07 Å². The number of benzene rings is 2. The standard InChI is InChI=1S/C17H18N2O8S/c1-10-5-6-11(7-14(10)19(21)22)28(23,24)18-13-9-16(26-3)15(25-2)8-12(13)17(20)27-4/h5-9,18H,1-4H3. The number of nitrogens with one attached hydrogen (secondary N) is 1. The summed E-state index contributed by atoms with van der Waals surface area (Å²) in [6.07, 6.45) is 0. The Labute approximate surface area is 161 Å². The molecule has 0 unspecified atom stereocenters. The van der Waals surface area contributed by atoms with E-state index in [1.165, 1.54) is 45.4 Å². The van der Waals surface area contributed by atoms with Crippen molar-refractivity contribution in [3.8, 4) is 11.5 Å². The predicted molar refractivity (Wildman–Crippen MR) is 99.5 cm³/mol. The number of nitro benzene ring substituents is 1. The Balaban J connectivity index is 2.58. The first-order valence-electron chi connectivity index (χ1n) is 7.76. The molecule has 0 aromatic heterocycles. The van der Waals surface area contributed by atoms with Crippen molar-refractivity contribution in [1.29, 1.82) is 0 Å². The second-order valence-electron chi connectivity index (χ2n) is 5.56. The third-order valence-electron chi connectivity index (χ3n) is 3.86. The van der Waals surface area contributed by atoms with Crippen LogP contribution in [0.5, 0.6) is 11.5 Å². The average Bonchev–Trinajstić information content (AvgIpc) is 2.66. The summed E-state index contributed by atoms with van der Waals surface area (Å²) in [5.41, 5.74) is -0.285. The Bertz CT molecular complexity index is 1030. The lowest BCUT2D eigenvalue weighted by Gasteiger charge is -2.15. The number of esters is 1. The number of carbonyl (C=O) groups excluding carboxylic acids is 1. The monoisotopic (exact) mass is 410 g/mol. The Hall–Kier alpha value is -3.34. The maximum Gasteiger partial charge on any atom is 0.340 e. The number of aryl methyl sites for hydroxylation is 1. The summed E-state index contributed by atoms with van der Waals surface area (Å²) in [6.45, 7) is 1.49. The third kappa shape index (κ3) is 4.14. The van der Waals surface area contributed by atoms with Crippen molar-refractivity contribution in [3.63, 3.8) is 0 Å². The zero-order valence-corrected chi connectivity index (χ0v) is 16.3. The molecule has 0 saturated carbocycles. The van der Waals surface area contributed by atoms with Crippen LogP contribution in [0.4, 0.5) is 11.4 Å². The molecule has 0 saturated heterocycles. The number of nitro groups is 1. The molecule has 0 amide bonds. The third-order valence-corrected chi connectivity index (χ3v) is 5.22. The molecule has 0 aliphatic rings. The minimum Gasteiger partial charge on any atom is -0.493 e. The van der Waals surface area contributed by atoms with Gasteiger partial charge in [0.05, 0.1) is 42.4 Å². The van der Waals surface area contributed by atoms with E-state index in [1.54, 1.807) is 0 Å². The lowest BCUT2D eigenvalue weighted by Crippen LogP contribution is -2.17. The maximum atomic E-state index is 12.7. The topological polar surface area (TPSA) is 134 Å². The van der Waals surface area contributed by atoms with Crippen molar-refractivity contribution in [1.82, 2.24) is 0 Å². The van der Waals surface area contributed by atoms with Crippen LogP contribution in [-0.2, 0) is 14.8 Å². The van der Waals surface area contributed by atoms with Crippen LogP contribution in [0, 0.1) is 17.0 Å². The summed E-state index contributed by atoms with van der Waals surface area (Å²) in [4.78, 5) is 22.2. The van der Waals surface area contributed by atoms with E-state index in [0.29, 0.717) is 5.56 Å². The minimum atomic E-state index is -4.25. The number of sulfonamides is 1. The quantitative estimate of drug-likeness (QED) is 0.418. The highest BCUT2D eigenvalue weighted by molar-refractivity contribution is 7.92. The lowest BCUT2D eigenvalue weighted by molar-refractivity contribution is -0.385. The molecule has 0 atom stereocenters. The van der Waals surface area contributed by atoms with Crippen molar-refractivity contribution < 1.29 is 32.3 Å². The van der Waals surface area contributed by atoms with E-state index in [-0.39, 0.29) is 33.3 Å². The minimum absolute atomic E-state index is 0.120. The van der Waals surface area contributed by atoms with E-state index in [4.69, 9.17) is 9.47 Å². The Morgan fingerprint density at radius 1 is 1.07 bits per heavy atom. The molecule has 0 radical (unpaired) electrons. The van der Waals surface area contributed by atoms with Crippen LogP contribution in [-0.4, -0.2) is 40.6 Å². The van der Waals surface area contributed by atoms with E-state index in [2.05, 4.69) is 9.46 Å². The van der Waals surface area contributed by atoms with E-state index >= 15 is 0 Å². The fraction of sp³-hybridized carbons (Fsp3) is 0.235. The highest BCUT2D eigenvalue weighted by atomic mass is 32.2. The van der Waals surface area contributed by atoms with E-state index < -0.39 is 20.9 Å². The van der Waals surface area contributed by atoms with Crippen LogP contribution < -0.4 is 14.2 Å². The van der Waals surface area contributed by atoms with Gasteiger partial charge >= 0.3 is 5.97 Å². The highest BCUT2D eigenvalue weighted by Gasteiger charge is 2.24. The van der Waals surface area contributed by atoms with Gasteiger partial charge in [0.25, 0.3) is 15.7 Å². The number of carbonyl (C=O) groups is 1. The van der Waals surface area contributed by atoms with Crippen molar-refractivity contribution in [2.45, 2.75) is 11.8 Å². The van der Waals surface area contributed by atoms with Gasteiger partial charge in [-0.3, -0.25) is 14.8 Å². The number of nitrogens with zero attached hydrogens (tertiary/aromatic N) is 1. The largest absolute Gasteiger partial charge is 0.493 e. The van der Waals surface area contributed by atoms with E-state index in [9.17, 15) is 23.3 Å². The summed E-state index contributed by atoms with van der Waals surface area (Å²) in [5.74, 6) is -0.451. The van der Waals surface area contributed by atoms with Crippen LogP contribution in [0.2, 0.25) is 0 Å². The molecule has 0 aliphatic heterocycles. The van der Waals surface area contributed by atoms with Crippen molar-refractivity contribution in [2.24, 2.45) is 0 Å². The van der Waals surface area contributed by atoms with Crippen molar-refractivity contribution >= 4 is 27.4 Å². The molecule has 150 valence electrons. The van der Waals surface area contributed by atoms with Crippen LogP contribution in [0.25, 0.3) is 0 Å². The van der Waals surface area contributed by atoms with E-state index in [1.807, 2.05) is 0 Å². The molecule has 0 spiro atoms. The van der Waals surface area contributed by atoms with Gasteiger partial charge in [-0.25, -0.2) is 13.2 Å². The van der Waals surface area contributed by atoms with Crippen molar-refractivity contribution in [2.75, 3.05) is 26.1 Å². The second-order valence-corrected chi connectivity index (χ2v) is 7.24. The first kappa shape index (κ1) is 21.0. The zero-order chi connectivity index (χ0) is 21.1. The van der Waals surface area contributed by atoms with E-state index in [0.717, 1.165) is 13.2 Å². The molecule has 0 fully saturated rings. The van der Waals surface area contributed by atoms with Gasteiger partial charge in [0.1, 0.15) is 0 Å². The number of rotatable bonds is 7. The van der Waals surface area contributed by atoms with Gasteiger partial charge in [0.2, 0.25) is 0 Å². The fourth-order valence-corrected chi connectivity index (χ4v) is 3.49. The molecule has 2 aromatic rings. The summed E-state index contributed by atoms with van der Waals surface area (Å²) < 4.78 is 42.7. The maximum absolute atomic E-state index is 12.7. The Morgan fingerprint density at radius 2 is 1.68 bits per heavy atom. The molecule has 2 rings (SSSR count). The number of ether oxygens (including phenoxy) is 3. The summed E-state index contributed by atoms with van der Waals surface area (Å²) in [6, 6.07) is 6.01. The van der Waals surface area contributed by atoms with Crippen molar-refractivity contribution in [3.05, 3.63) is 51.6 Å². The highest BCUT2D eigenvalue weighted by Crippen LogP contribution is 2.35. The molecule has 1 N–H and O–H groups in total. The molecular formula is C17H18N2O8S. The van der Waals surface area contributed by atoms with Crippen LogP contribution in [0.3, 0.4) is 0 Å². The smallest absolute Gasteiger partial charge is 0.340 e. The van der Waals surface area contributed by atoms with Crippen LogP contribution >= 0.6 is 0 Å². The molecule has 0 aliphatic carbocycles. The molecule has 2 aromatic carbocycles. The molecule has 28 heavy (non-hydrogen) atoms. The number of hydrogen-bond acceptors (Lipinski definition) is 8. The molecule has 10 nitrogen and oxygen atoms in total. The number of methoxy groups -OCH3 is 3. The Kier molecular flexibility index (Phi) is 6.09. The number of hydrogen-bond donors (Lipinski definition) is 1. The SMILES string of the molecule is COC(=O)c1cc(OC)c(OC)cc1NS(=O)(=O)c1ccc(C)c([N+](=O)[O-])c1. The van der Waals surface area contributed by atoms with Crippen LogP contribution in [0.1, 0.15) is 15.9 Å². The molecule has 0 heterocycles. The van der Waals surface area contributed by atoms with Gasteiger partial charge in [0.15, 0.2) is 11.5 Å². The molecular weight excluding hydrogens is 392 g/mol. The van der Waals surface area contributed by atoms with Crippen LogP contribution in [0.15, 0.2) is 35.2 Å². The van der Waals surface area contributed by atoms with Gasteiger partial charge in [0, 0.05) is 23.8 Å². The first-order valence-corrected chi connectivity index (χ1v) is 9.25. The number of anilines is 1. The zero-order valence-electron chi connectivity index (χ0n) is 15.5. The molecule has 11 heteroatoms. The van der Waals surface area contributed by atoms with Gasteiger partial charge < -0.3 is 14.2 Å². The summed E-state index contributed by atoms with van der Waals surface area (Å²) in [5, 5.41) is 11.1. The fourth-order valence-electron chi connectivity index (χ4n) is 2.40. The summed E-state index contributed by atoms with van der Waals surface area (Å²) >= 11 is 0. The lowest BCUT2D eigenvalue weighted by atomic mass is 10.1. The second kappa shape index (κ2) is 8.13. The predicted octanol–water partition coefficient (Wildman–Crippen LogP) is 2.51. The molecule has 0 bridgehead atoms. The normalized spacial score (nSPS) is 10.9. The average molecular weight is 410 g/mol. The summed E-state index contributed by atoms with van der Waals surface area (Å²) in [7, 11) is -0.414. The van der Waals surface area contributed by atoms with Gasteiger partial charge in [-0.05, 0) is 13.0 Å². The van der Waals surface area contributed by atoms with Gasteiger partial charge in [-0.15, -0.1) is 0 Å². The van der Waals surface area contributed by atoms with Gasteiger partial charge in [-0.2, -0.15) is 0 Å². The first-order chi connectivity index (χ1) is 13.1.